The lowest BCUT2D eigenvalue weighted by Gasteiger charge is -2.11. The topological polar surface area (TPSA) is 26.3 Å². The van der Waals surface area contributed by atoms with Crippen LogP contribution in [0.25, 0.3) is 0 Å². The molecule has 9 heavy (non-hydrogen) atoms. The van der Waals surface area contributed by atoms with Gasteiger partial charge in [0.25, 0.3) is 6.47 Å². The summed E-state index contributed by atoms with van der Waals surface area (Å²) < 4.78 is 4.83. The van der Waals surface area contributed by atoms with E-state index in [9.17, 15) is 4.79 Å². The lowest BCUT2D eigenvalue weighted by molar-refractivity contribution is -0.134. The average molecular weight is 128 g/mol. The molecule has 0 amide bonds. The monoisotopic (exact) mass is 128 g/mol. The van der Waals surface area contributed by atoms with Crippen LogP contribution < -0.4 is 0 Å². The van der Waals surface area contributed by atoms with Gasteiger partial charge in [-0.2, -0.15) is 0 Å². The van der Waals surface area contributed by atoms with Gasteiger partial charge in [-0.3, -0.25) is 4.79 Å². The largest absolute Gasteiger partial charge is 0.464 e. The number of ether oxygens (including phenoxy) is 1. The van der Waals surface area contributed by atoms with Crippen LogP contribution in [0.4, 0.5) is 0 Å². The molecule has 1 fully saturated rings. The zero-order chi connectivity index (χ0) is 6.69. The SMILES string of the molecule is CC1CCCC1OC=O. The number of hydrogen-bond donors (Lipinski definition) is 0. The van der Waals surface area contributed by atoms with Gasteiger partial charge in [0, 0.05) is 0 Å². The Morgan fingerprint density at radius 3 is 2.78 bits per heavy atom. The first-order chi connectivity index (χ1) is 4.34. The molecule has 1 rings (SSSR count). The van der Waals surface area contributed by atoms with Gasteiger partial charge in [0.1, 0.15) is 6.10 Å². The van der Waals surface area contributed by atoms with Crippen LogP contribution in [0, 0.1) is 5.92 Å². The maximum atomic E-state index is 9.88. The number of hydrogen-bond acceptors (Lipinski definition) is 2. The van der Waals surface area contributed by atoms with Crippen molar-refractivity contribution in [2.24, 2.45) is 5.92 Å². The van der Waals surface area contributed by atoms with E-state index in [1.807, 2.05) is 0 Å². The zero-order valence-electron chi connectivity index (χ0n) is 5.67. The molecule has 1 aliphatic carbocycles. The van der Waals surface area contributed by atoms with E-state index in [0.717, 1.165) is 6.42 Å². The summed E-state index contributed by atoms with van der Waals surface area (Å²) in [5.74, 6) is 0.579. The molecule has 1 aliphatic rings. The Balaban J connectivity index is 2.30. The Morgan fingerprint density at radius 2 is 2.33 bits per heavy atom. The number of rotatable bonds is 2. The van der Waals surface area contributed by atoms with Gasteiger partial charge in [0.05, 0.1) is 0 Å². The van der Waals surface area contributed by atoms with Crippen LogP contribution in [0.5, 0.6) is 0 Å². The van der Waals surface area contributed by atoms with Gasteiger partial charge in [-0.25, -0.2) is 0 Å². The molecule has 1 saturated carbocycles. The van der Waals surface area contributed by atoms with Gasteiger partial charge in [0.15, 0.2) is 0 Å². The summed E-state index contributed by atoms with van der Waals surface area (Å²) in [6.45, 7) is 2.69. The zero-order valence-corrected chi connectivity index (χ0v) is 5.67. The molecule has 0 spiro atoms. The fraction of sp³-hybridized carbons (Fsp3) is 0.857. The second-order valence-electron chi connectivity index (χ2n) is 2.68. The molecule has 0 bridgehead atoms. The van der Waals surface area contributed by atoms with Crippen molar-refractivity contribution in [3.63, 3.8) is 0 Å². The molecular formula is C7H12O2. The van der Waals surface area contributed by atoms with Crippen LogP contribution in [0.2, 0.25) is 0 Å². The van der Waals surface area contributed by atoms with Crippen LogP contribution in [-0.2, 0) is 9.53 Å². The van der Waals surface area contributed by atoms with Gasteiger partial charge < -0.3 is 4.74 Å². The minimum Gasteiger partial charge on any atom is -0.464 e. The highest BCUT2D eigenvalue weighted by molar-refractivity contribution is 5.37. The summed E-state index contributed by atoms with van der Waals surface area (Å²) in [5.41, 5.74) is 0. The fourth-order valence-corrected chi connectivity index (χ4v) is 1.38. The normalized spacial score (nSPS) is 34.3. The quantitative estimate of drug-likeness (QED) is 0.525. The third kappa shape index (κ3) is 1.44. The Morgan fingerprint density at radius 1 is 1.56 bits per heavy atom. The molecule has 0 heterocycles. The van der Waals surface area contributed by atoms with Crippen molar-refractivity contribution in [2.75, 3.05) is 0 Å². The van der Waals surface area contributed by atoms with E-state index in [1.54, 1.807) is 0 Å². The third-order valence-corrected chi connectivity index (χ3v) is 2.01. The van der Waals surface area contributed by atoms with Gasteiger partial charge in [-0.15, -0.1) is 0 Å². The first-order valence-electron chi connectivity index (χ1n) is 3.43. The summed E-state index contributed by atoms with van der Waals surface area (Å²) in [7, 11) is 0. The number of carbonyl (C=O) groups excluding carboxylic acids is 1. The van der Waals surface area contributed by atoms with Gasteiger partial charge >= 0.3 is 0 Å². The van der Waals surface area contributed by atoms with Crippen molar-refractivity contribution < 1.29 is 9.53 Å². The molecule has 0 radical (unpaired) electrons. The molecule has 2 unspecified atom stereocenters. The van der Waals surface area contributed by atoms with E-state index in [0.29, 0.717) is 12.4 Å². The van der Waals surface area contributed by atoms with E-state index in [1.165, 1.54) is 12.8 Å². The molecule has 0 aliphatic heterocycles. The summed E-state index contributed by atoms with van der Waals surface area (Å²) in [5, 5.41) is 0. The summed E-state index contributed by atoms with van der Waals surface area (Å²) in [6.07, 6.45) is 3.68. The number of carbonyl (C=O) groups is 1. The first-order valence-corrected chi connectivity index (χ1v) is 3.43. The molecule has 2 heteroatoms. The molecule has 0 aromatic rings. The van der Waals surface area contributed by atoms with E-state index >= 15 is 0 Å². The molecule has 52 valence electrons. The van der Waals surface area contributed by atoms with Crippen LogP contribution in [-0.4, -0.2) is 12.6 Å². The molecule has 0 aromatic heterocycles. The summed E-state index contributed by atoms with van der Waals surface area (Å²) in [6, 6.07) is 0. The highest BCUT2D eigenvalue weighted by atomic mass is 16.5. The third-order valence-electron chi connectivity index (χ3n) is 2.01. The smallest absolute Gasteiger partial charge is 0.293 e. The van der Waals surface area contributed by atoms with Crippen LogP contribution >= 0.6 is 0 Å². The maximum Gasteiger partial charge on any atom is 0.293 e. The fourth-order valence-electron chi connectivity index (χ4n) is 1.38. The van der Waals surface area contributed by atoms with Crippen molar-refractivity contribution in [3.8, 4) is 0 Å². The summed E-state index contributed by atoms with van der Waals surface area (Å²) in [4.78, 5) is 9.88. The van der Waals surface area contributed by atoms with Crippen LogP contribution in [0.1, 0.15) is 26.2 Å². The van der Waals surface area contributed by atoms with Gasteiger partial charge in [-0.05, 0) is 25.2 Å². The minimum absolute atomic E-state index is 0.211. The minimum atomic E-state index is 0.211. The standard InChI is InChI=1S/C7H12O2/c1-6-3-2-4-7(6)9-5-8/h5-7H,2-4H2,1H3. The second-order valence-corrected chi connectivity index (χ2v) is 2.68. The Labute approximate surface area is 55.2 Å². The Hall–Kier alpha value is -0.530. The average Bonchev–Trinajstić information content (AvgIpc) is 2.18. The molecule has 2 atom stereocenters. The lowest BCUT2D eigenvalue weighted by atomic mass is 10.1. The van der Waals surface area contributed by atoms with E-state index in [-0.39, 0.29) is 6.10 Å². The Kier molecular flexibility index (Phi) is 2.09. The maximum absolute atomic E-state index is 9.88. The van der Waals surface area contributed by atoms with E-state index < -0.39 is 0 Å². The molecule has 2 nitrogen and oxygen atoms in total. The predicted octanol–water partition coefficient (Wildman–Crippen LogP) is 1.35. The van der Waals surface area contributed by atoms with Crippen molar-refractivity contribution in [1.82, 2.24) is 0 Å². The van der Waals surface area contributed by atoms with E-state index in [4.69, 9.17) is 4.74 Å². The Bertz CT molecular complexity index is 101. The lowest BCUT2D eigenvalue weighted by Crippen LogP contribution is -2.14. The summed E-state index contributed by atoms with van der Waals surface area (Å²) >= 11 is 0. The molecule has 0 N–H and O–H groups in total. The van der Waals surface area contributed by atoms with Crippen molar-refractivity contribution >= 4 is 6.47 Å². The second kappa shape index (κ2) is 2.85. The van der Waals surface area contributed by atoms with Gasteiger partial charge in [-0.1, -0.05) is 6.92 Å². The van der Waals surface area contributed by atoms with E-state index in [2.05, 4.69) is 6.92 Å². The van der Waals surface area contributed by atoms with Crippen molar-refractivity contribution in [1.29, 1.82) is 0 Å². The predicted molar refractivity (Wildman–Crippen MR) is 34.0 cm³/mol. The van der Waals surface area contributed by atoms with Gasteiger partial charge in [0.2, 0.25) is 0 Å². The molecule has 0 saturated heterocycles. The van der Waals surface area contributed by atoms with Crippen LogP contribution in [0.3, 0.4) is 0 Å². The first kappa shape index (κ1) is 6.59. The highest BCUT2D eigenvalue weighted by Crippen LogP contribution is 2.26. The van der Waals surface area contributed by atoms with Crippen LogP contribution in [0.15, 0.2) is 0 Å². The molecular weight excluding hydrogens is 116 g/mol. The highest BCUT2D eigenvalue weighted by Gasteiger charge is 2.23. The van der Waals surface area contributed by atoms with Crippen molar-refractivity contribution in [3.05, 3.63) is 0 Å². The molecule has 0 aromatic carbocycles. The van der Waals surface area contributed by atoms with Crippen molar-refractivity contribution in [2.45, 2.75) is 32.3 Å².